The summed E-state index contributed by atoms with van der Waals surface area (Å²) in [6, 6.07) is 3.49. The maximum atomic E-state index is 12.5. The van der Waals surface area contributed by atoms with E-state index in [1.165, 1.54) is 20.3 Å². The molecule has 2 rings (SSSR count). The summed E-state index contributed by atoms with van der Waals surface area (Å²) in [6.07, 6.45) is 3.25. The first-order valence-corrected chi connectivity index (χ1v) is 10.2. The molecule has 0 aliphatic carbocycles. The number of likely N-dealkylation sites (N-methyl/N-ethyl adjacent to an activating group) is 1. The van der Waals surface area contributed by atoms with Gasteiger partial charge in [-0.05, 0) is 37.6 Å². The zero-order valence-corrected chi connectivity index (χ0v) is 18.4. The van der Waals surface area contributed by atoms with Gasteiger partial charge in [0.2, 0.25) is 11.8 Å². The number of carbonyl (C=O) groups excluding carboxylic acids is 2. The van der Waals surface area contributed by atoms with Crippen LogP contribution in [0.2, 0.25) is 5.02 Å². The second kappa shape index (κ2) is 11.1. The highest BCUT2D eigenvalue weighted by Gasteiger charge is 2.22. The van der Waals surface area contributed by atoms with E-state index in [0.29, 0.717) is 49.2 Å². The summed E-state index contributed by atoms with van der Waals surface area (Å²) in [5.41, 5.74) is 0.754. The van der Waals surface area contributed by atoms with Crippen LogP contribution in [-0.2, 0) is 9.59 Å². The lowest BCUT2D eigenvalue weighted by Gasteiger charge is -2.34. The Bertz CT molecular complexity index is 742. The van der Waals surface area contributed by atoms with Crippen molar-refractivity contribution in [1.82, 2.24) is 14.7 Å². The standard InChI is InChI=1S/C21H30ClN3O4/c1-5-24(6-2)20(27)15-23-9-11-25(12-10-23)19(26)8-7-16-13-17(22)21(29-4)18(14-16)28-3/h7-8,13-14H,5-6,9-12,15H2,1-4H3/b8-7+. The van der Waals surface area contributed by atoms with E-state index in [-0.39, 0.29) is 11.8 Å². The van der Waals surface area contributed by atoms with E-state index in [2.05, 4.69) is 4.90 Å². The minimum Gasteiger partial charge on any atom is -0.493 e. The number of hydrogen-bond acceptors (Lipinski definition) is 5. The smallest absolute Gasteiger partial charge is 0.246 e. The van der Waals surface area contributed by atoms with Crippen LogP contribution in [-0.4, -0.2) is 86.5 Å². The van der Waals surface area contributed by atoms with E-state index in [1.807, 2.05) is 18.7 Å². The third-order valence-electron chi connectivity index (χ3n) is 5.03. The average Bonchev–Trinajstić information content (AvgIpc) is 2.72. The predicted octanol–water partition coefficient (Wildman–Crippen LogP) is 2.38. The highest BCUT2D eigenvalue weighted by molar-refractivity contribution is 6.32. The molecule has 0 aromatic heterocycles. The molecule has 1 aromatic rings. The molecular weight excluding hydrogens is 394 g/mol. The molecule has 0 atom stereocenters. The molecule has 1 heterocycles. The Balaban J connectivity index is 1.91. The Morgan fingerprint density at radius 3 is 2.31 bits per heavy atom. The van der Waals surface area contributed by atoms with Gasteiger partial charge in [-0.1, -0.05) is 11.6 Å². The number of nitrogens with zero attached hydrogens (tertiary/aromatic N) is 3. The average molecular weight is 424 g/mol. The van der Waals surface area contributed by atoms with Crippen LogP contribution in [0, 0.1) is 0 Å². The molecular formula is C21H30ClN3O4. The quantitative estimate of drug-likeness (QED) is 0.601. The van der Waals surface area contributed by atoms with E-state index in [0.717, 1.165) is 18.7 Å². The summed E-state index contributed by atoms with van der Waals surface area (Å²) >= 11 is 6.21. The van der Waals surface area contributed by atoms with Crippen molar-refractivity contribution in [1.29, 1.82) is 0 Å². The van der Waals surface area contributed by atoms with Crippen LogP contribution in [0.1, 0.15) is 19.4 Å². The van der Waals surface area contributed by atoms with Crippen LogP contribution in [0.4, 0.5) is 0 Å². The molecule has 0 bridgehead atoms. The first-order chi connectivity index (χ1) is 13.9. The molecule has 0 spiro atoms. The molecule has 0 unspecified atom stereocenters. The lowest BCUT2D eigenvalue weighted by Crippen LogP contribution is -2.51. The van der Waals surface area contributed by atoms with Crippen LogP contribution in [0.5, 0.6) is 11.5 Å². The molecule has 0 N–H and O–H groups in total. The van der Waals surface area contributed by atoms with Gasteiger partial charge in [-0.25, -0.2) is 0 Å². The number of hydrogen-bond donors (Lipinski definition) is 0. The molecule has 1 aliphatic rings. The molecule has 7 nitrogen and oxygen atoms in total. The van der Waals surface area contributed by atoms with Crippen molar-refractivity contribution in [2.75, 3.05) is 60.0 Å². The van der Waals surface area contributed by atoms with Crippen LogP contribution in [0.3, 0.4) is 0 Å². The van der Waals surface area contributed by atoms with Gasteiger partial charge in [0.1, 0.15) is 0 Å². The number of piperazine rings is 1. The van der Waals surface area contributed by atoms with Crippen LogP contribution >= 0.6 is 11.6 Å². The largest absolute Gasteiger partial charge is 0.493 e. The molecule has 0 saturated carbocycles. The van der Waals surface area contributed by atoms with Crippen LogP contribution in [0.25, 0.3) is 6.08 Å². The van der Waals surface area contributed by atoms with Gasteiger partial charge >= 0.3 is 0 Å². The van der Waals surface area contributed by atoms with Crippen molar-refractivity contribution in [2.24, 2.45) is 0 Å². The lowest BCUT2D eigenvalue weighted by atomic mass is 10.1. The fourth-order valence-corrected chi connectivity index (χ4v) is 3.60. The lowest BCUT2D eigenvalue weighted by molar-refractivity contribution is -0.133. The first kappa shape index (κ1) is 23.0. The maximum absolute atomic E-state index is 12.5. The van der Waals surface area contributed by atoms with Crippen molar-refractivity contribution >= 4 is 29.5 Å². The number of ether oxygens (including phenoxy) is 2. The summed E-state index contributed by atoms with van der Waals surface area (Å²) in [5, 5.41) is 0.422. The maximum Gasteiger partial charge on any atom is 0.246 e. The number of halogens is 1. The van der Waals surface area contributed by atoms with Crippen molar-refractivity contribution < 1.29 is 19.1 Å². The van der Waals surface area contributed by atoms with E-state index >= 15 is 0 Å². The van der Waals surface area contributed by atoms with Crippen LogP contribution in [0.15, 0.2) is 18.2 Å². The monoisotopic (exact) mass is 423 g/mol. The van der Waals surface area contributed by atoms with E-state index in [1.54, 1.807) is 23.1 Å². The second-order valence-electron chi connectivity index (χ2n) is 6.74. The Morgan fingerprint density at radius 2 is 1.76 bits per heavy atom. The number of carbonyl (C=O) groups is 2. The highest BCUT2D eigenvalue weighted by atomic mass is 35.5. The summed E-state index contributed by atoms with van der Waals surface area (Å²) in [4.78, 5) is 30.5. The summed E-state index contributed by atoms with van der Waals surface area (Å²) in [7, 11) is 3.06. The van der Waals surface area contributed by atoms with Gasteiger partial charge in [-0.2, -0.15) is 0 Å². The van der Waals surface area contributed by atoms with Crippen LogP contribution < -0.4 is 9.47 Å². The highest BCUT2D eigenvalue weighted by Crippen LogP contribution is 2.36. The Labute approximate surface area is 177 Å². The van der Waals surface area contributed by atoms with Gasteiger partial charge in [-0.15, -0.1) is 0 Å². The topological polar surface area (TPSA) is 62.3 Å². The van der Waals surface area contributed by atoms with E-state index < -0.39 is 0 Å². The van der Waals surface area contributed by atoms with Gasteiger partial charge in [0.05, 0.1) is 25.8 Å². The van der Waals surface area contributed by atoms with Gasteiger partial charge in [0.15, 0.2) is 11.5 Å². The minimum atomic E-state index is -0.0642. The molecule has 1 aliphatic heterocycles. The third kappa shape index (κ3) is 6.11. The number of methoxy groups -OCH3 is 2. The SMILES string of the molecule is CCN(CC)C(=O)CN1CCN(C(=O)/C=C/c2cc(Cl)c(OC)c(OC)c2)CC1. The number of amides is 2. The molecule has 1 fully saturated rings. The molecule has 2 amide bonds. The molecule has 1 aromatic carbocycles. The predicted molar refractivity (Wildman–Crippen MR) is 115 cm³/mol. The van der Waals surface area contributed by atoms with Crippen molar-refractivity contribution in [3.05, 3.63) is 28.8 Å². The number of benzene rings is 1. The van der Waals surface area contributed by atoms with Crippen molar-refractivity contribution in [3.8, 4) is 11.5 Å². The minimum absolute atomic E-state index is 0.0642. The van der Waals surface area contributed by atoms with Gasteiger partial charge in [-0.3, -0.25) is 14.5 Å². The molecule has 1 saturated heterocycles. The molecule has 29 heavy (non-hydrogen) atoms. The second-order valence-corrected chi connectivity index (χ2v) is 7.15. The Morgan fingerprint density at radius 1 is 1.10 bits per heavy atom. The summed E-state index contributed by atoms with van der Waals surface area (Å²) < 4.78 is 10.5. The van der Waals surface area contributed by atoms with E-state index in [4.69, 9.17) is 21.1 Å². The molecule has 160 valence electrons. The third-order valence-corrected chi connectivity index (χ3v) is 5.31. The molecule has 0 radical (unpaired) electrons. The van der Waals surface area contributed by atoms with Gasteiger partial charge in [0.25, 0.3) is 0 Å². The zero-order valence-electron chi connectivity index (χ0n) is 17.6. The van der Waals surface area contributed by atoms with Crippen molar-refractivity contribution in [2.45, 2.75) is 13.8 Å². The van der Waals surface area contributed by atoms with E-state index in [9.17, 15) is 9.59 Å². The normalized spacial score (nSPS) is 14.9. The fraction of sp³-hybridized carbons (Fsp3) is 0.524. The van der Waals surface area contributed by atoms with Gasteiger partial charge in [0, 0.05) is 45.3 Å². The Kier molecular flexibility index (Phi) is 8.79. The van der Waals surface area contributed by atoms with Crippen molar-refractivity contribution in [3.63, 3.8) is 0 Å². The first-order valence-electron chi connectivity index (χ1n) is 9.82. The Hall–Kier alpha value is -2.25. The number of rotatable bonds is 8. The fourth-order valence-electron chi connectivity index (χ4n) is 3.30. The summed E-state index contributed by atoms with van der Waals surface area (Å²) in [6.45, 7) is 8.39. The van der Waals surface area contributed by atoms with Gasteiger partial charge < -0.3 is 19.3 Å². The molecule has 8 heteroatoms. The zero-order chi connectivity index (χ0) is 21.4. The summed E-state index contributed by atoms with van der Waals surface area (Å²) in [5.74, 6) is 1.05.